The molecular weight excluding hydrogens is 238 g/mol. The van der Waals surface area contributed by atoms with Crippen LogP contribution < -0.4 is 5.73 Å². The molecule has 0 amide bonds. The maximum atomic E-state index is 10.2. The van der Waals surface area contributed by atoms with Crippen LogP contribution in [0, 0.1) is 0 Å². The number of nitrogens with zero attached hydrogens (tertiary/aromatic N) is 2. The smallest absolute Gasteiger partial charge is 0.191 e. The van der Waals surface area contributed by atoms with Crippen molar-refractivity contribution >= 4 is 17.7 Å². The Morgan fingerprint density at radius 1 is 1.71 bits per heavy atom. The van der Waals surface area contributed by atoms with Crippen LogP contribution in [-0.4, -0.2) is 65.4 Å². The minimum Gasteiger partial charge on any atom is -0.387 e. The molecule has 0 aromatic heterocycles. The number of hydrogen-bond donors (Lipinski definition) is 2. The van der Waals surface area contributed by atoms with E-state index in [1.165, 1.54) is 0 Å². The quantitative estimate of drug-likeness (QED) is 0.535. The average molecular weight is 259 g/mol. The first-order valence-corrected chi connectivity index (χ1v) is 7.21. The highest BCUT2D eigenvalue weighted by Gasteiger charge is 2.31. The van der Waals surface area contributed by atoms with E-state index in [0.29, 0.717) is 19.1 Å². The van der Waals surface area contributed by atoms with Crippen LogP contribution in [0.25, 0.3) is 0 Å². The molecule has 0 aromatic carbocycles. The van der Waals surface area contributed by atoms with E-state index < -0.39 is 5.60 Å². The summed E-state index contributed by atoms with van der Waals surface area (Å²) in [5.74, 6) is 2.31. The Balaban J connectivity index is 1.87. The normalized spacial score (nSPS) is 35.3. The van der Waals surface area contributed by atoms with E-state index in [-0.39, 0.29) is 6.10 Å². The molecule has 6 heteroatoms. The van der Waals surface area contributed by atoms with Gasteiger partial charge in [-0.1, -0.05) is 0 Å². The van der Waals surface area contributed by atoms with Gasteiger partial charge in [-0.25, -0.2) is 0 Å². The molecule has 0 radical (unpaired) electrons. The Morgan fingerprint density at radius 2 is 2.53 bits per heavy atom. The van der Waals surface area contributed by atoms with Crippen molar-refractivity contribution in [3.8, 4) is 0 Å². The highest BCUT2D eigenvalue weighted by Crippen LogP contribution is 2.27. The van der Waals surface area contributed by atoms with Crippen molar-refractivity contribution in [3.63, 3.8) is 0 Å². The molecule has 2 unspecified atom stereocenters. The lowest BCUT2D eigenvalue weighted by molar-refractivity contribution is 0.00504. The summed E-state index contributed by atoms with van der Waals surface area (Å²) in [6.45, 7) is 4.70. The van der Waals surface area contributed by atoms with E-state index in [2.05, 4.69) is 4.99 Å². The van der Waals surface area contributed by atoms with Crippen LogP contribution in [0.1, 0.15) is 13.3 Å². The van der Waals surface area contributed by atoms with Crippen molar-refractivity contribution in [1.29, 1.82) is 0 Å². The number of ether oxygens (including phenoxy) is 1. The molecule has 2 atom stereocenters. The topological polar surface area (TPSA) is 71.1 Å². The van der Waals surface area contributed by atoms with Gasteiger partial charge in [0, 0.05) is 18.8 Å². The third-order valence-corrected chi connectivity index (χ3v) is 4.42. The first-order valence-electron chi connectivity index (χ1n) is 6.06. The van der Waals surface area contributed by atoms with E-state index in [1.807, 2.05) is 11.8 Å². The maximum absolute atomic E-state index is 10.2. The number of rotatable bonds is 2. The van der Waals surface area contributed by atoms with Gasteiger partial charge in [0.2, 0.25) is 0 Å². The second-order valence-corrected chi connectivity index (χ2v) is 5.93. The molecule has 5 nitrogen and oxygen atoms in total. The van der Waals surface area contributed by atoms with Crippen LogP contribution in [0.4, 0.5) is 0 Å². The fourth-order valence-corrected chi connectivity index (χ4v) is 3.36. The van der Waals surface area contributed by atoms with E-state index in [4.69, 9.17) is 10.5 Å². The van der Waals surface area contributed by atoms with Gasteiger partial charge in [0.05, 0.1) is 24.9 Å². The molecule has 3 N–H and O–H groups in total. The van der Waals surface area contributed by atoms with Crippen molar-refractivity contribution in [2.75, 3.05) is 37.7 Å². The zero-order valence-electron chi connectivity index (χ0n) is 10.3. The van der Waals surface area contributed by atoms with Crippen LogP contribution in [0.3, 0.4) is 0 Å². The molecule has 0 saturated carbocycles. The highest BCUT2D eigenvalue weighted by molar-refractivity contribution is 7.99. The number of hydrogen-bond acceptors (Lipinski definition) is 4. The van der Waals surface area contributed by atoms with Crippen molar-refractivity contribution in [2.24, 2.45) is 10.7 Å². The van der Waals surface area contributed by atoms with E-state index >= 15 is 0 Å². The van der Waals surface area contributed by atoms with Gasteiger partial charge in [0.1, 0.15) is 0 Å². The van der Waals surface area contributed by atoms with Gasteiger partial charge in [-0.05, 0) is 19.1 Å². The second-order valence-electron chi connectivity index (χ2n) is 4.83. The first kappa shape index (κ1) is 13.0. The summed E-state index contributed by atoms with van der Waals surface area (Å²) in [5.41, 5.74) is 5.30. The minimum absolute atomic E-state index is 0.197. The number of nitrogens with two attached hydrogens (primary N) is 1. The molecule has 0 aliphatic carbocycles. The molecule has 2 saturated heterocycles. The molecule has 0 spiro atoms. The molecule has 2 heterocycles. The summed E-state index contributed by atoms with van der Waals surface area (Å²) in [7, 11) is 0. The lowest BCUT2D eigenvalue weighted by Crippen LogP contribution is -2.48. The number of thioether (sulfide) groups is 1. The number of guanidine groups is 1. The molecule has 0 aromatic rings. The largest absolute Gasteiger partial charge is 0.387 e. The van der Waals surface area contributed by atoms with E-state index in [9.17, 15) is 5.11 Å². The summed E-state index contributed by atoms with van der Waals surface area (Å²) in [5, 5.41) is 10.2. The number of aliphatic imine (C=N–C) groups is 1. The fourth-order valence-electron chi connectivity index (χ4n) is 2.08. The molecule has 2 aliphatic rings. The SMILES string of the molecule is CC1CN(C(N)=NCC2(O)CCSC2)CCO1. The third kappa shape index (κ3) is 3.50. The van der Waals surface area contributed by atoms with Crippen LogP contribution in [-0.2, 0) is 4.74 Å². The summed E-state index contributed by atoms with van der Waals surface area (Å²) < 4.78 is 5.45. The van der Waals surface area contributed by atoms with Gasteiger partial charge in [-0.3, -0.25) is 4.99 Å². The minimum atomic E-state index is -0.646. The monoisotopic (exact) mass is 259 g/mol. The lowest BCUT2D eigenvalue weighted by atomic mass is 10.1. The standard InChI is InChI=1S/C11H21N3O2S/c1-9-6-14(3-4-16-9)10(12)13-7-11(15)2-5-17-8-11/h9,15H,2-8H2,1H3,(H2,12,13). The summed E-state index contributed by atoms with van der Waals surface area (Å²) in [6, 6.07) is 0. The van der Waals surface area contributed by atoms with Crippen molar-refractivity contribution in [1.82, 2.24) is 4.90 Å². The Labute approximate surface area is 106 Å². The van der Waals surface area contributed by atoms with Gasteiger partial charge in [-0.15, -0.1) is 0 Å². The average Bonchev–Trinajstić information content (AvgIpc) is 2.74. The number of morpholine rings is 1. The van der Waals surface area contributed by atoms with Crippen molar-refractivity contribution in [2.45, 2.75) is 25.0 Å². The zero-order valence-corrected chi connectivity index (χ0v) is 11.1. The van der Waals surface area contributed by atoms with Gasteiger partial charge < -0.3 is 20.5 Å². The van der Waals surface area contributed by atoms with E-state index in [0.717, 1.165) is 31.0 Å². The summed E-state index contributed by atoms with van der Waals surface area (Å²) >= 11 is 1.77. The van der Waals surface area contributed by atoms with Crippen LogP contribution in [0.5, 0.6) is 0 Å². The summed E-state index contributed by atoms with van der Waals surface area (Å²) in [4.78, 5) is 6.36. The molecule has 17 heavy (non-hydrogen) atoms. The van der Waals surface area contributed by atoms with Crippen LogP contribution in [0.15, 0.2) is 4.99 Å². The Kier molecular flexibility index (Phi) is 4.17. The molecule has 2 aliphatic heterocycles. The second kappa shape index (κ2) is 5.46. The van der Waals surface area contributed by atoms with Gasteiger partial charge in [0.15, 0.2) is 5.96 Å². The highest BCUT2D eigenvalue weighted by atomic mass is 32.2. The Hall–Kier alpha value is -0.460. The molecule has 98 valence electrons. The van der Waals surface area contributed by atoms with Gasteiger partial charge in [0.25, 0.3) is 0 Å². The summed E-state index contributed by atoms with van der Waals surface area (Å²) in [6.07, 6.45) is 1.01. The Morgan fingerprint density at radius 3 is 3.18 bits per heavy atom. The van der Waals surface area contributed by atoms with Gasteiger partial charge >= 0.3 is 0 Å². The number of aliphatic hydroxyl groups is 1. The van der Waals surface area contributed by atoms with Crippen LogP contribution in [0.2, 0.25) is 0 Å². The van der Waals surface area contributed by atoms with Crippen molar-refractivity contribution < 1.29 is 9.84 Å². The van der Waals surface area contributed by atoms with E-state index in [1.54, 1.807) is 11.8 Å². The van der Waals surface area contributed by atoms with Crippen LogP contribution >= 0.6 is 11.8 Å². The molecule has 2 rings (SSSR count). The zero-order chi connectivity index (χ0) is 12.3. The maximum Gasteiger partial charge on any atom is 0.191 e. The molecular formula is C11H21N3O2S. The predicted octanol–water partition coefficient (Wildman–Crippen LogP) is -0.110. The Bertz CT molecular complexity index is 292. The molecule has 2 fully saturated rings. The third-order valence-electron chi connectivity index (χ3n) is 3.18. The first-order chi connectivity index (χ1) is 8.09. The lowest BCUT2D eigenvalue weighted by Gasteiger charge is -2.32. The fraction of sp³-hybridized carbons (Fsp3) is 0.909. The predicted molar refractivity (Wildman–Crippen MR) is 70.4 cm³/mol. The van der Waals surface area contributed by atoms with Gasteiger partial charge in [-0.2, -0.15) is 11.8 Å². The molecule has 0 bridgehead atoms. The van der Waals surface area contributed by atoms with Crippen molar-refractivity contribution in [3.05, 3.63) is 0 Å².